The van der Waals surface area contributed by atoms with E-state index in [1.165, 1.54) is 5.56 Å². The highest BCUT2D eigenvalue weighted by atomic mass is 16.5. The molecular formula is C16H25NO3. The second-order valence-electron chi connectivity index (χ2n) is 5.30. The van der Waals surface area contributed by atoms with Crippen molar-refractivity contribution < 1.29 is 14.6 Å². The zero-order valence-corrected chi connectivity index (χ0v) is 12.6. The molecule has 0 saturated carbocycles. The van der Waals surface area contributed by atoms with E-state index in [2.05, 4.69) is 31.3 Å². The molecule has 0 fully saturated rings. The molecule has 4 heteroatoms. The molecule has 0 spiro atoms. The van der Waals surface area contributed by atoms with E-state index >= 15 is 0 Å². The summed E-state index contributed by atoms with van der Waals surface area (Å²) in [5, 5.41) is 12.6. The lowest BCUT2D eigenvalue weighted by atomic mass is 10.1. The number of aliphatic hydroxyl groups is 1. The maximum Gasteiger partial charge on any atom is 0.124 e. The molecule has 2 atom stereocenters. The second-order valence-corrected chi connectivity index (χ2v) is 5.30. The molecule has 0 amide bonds. The molecule has 1 unspecified atom stereocenters. The monoisotopic (exact) mass is 279 g/mol. The largest absolute Gasteiger partial charge is 0.494 e. The van der Waals surface area contributed by atoms with Crippen molar-refractivity contribution in [3.63, 3.8) is 0 Å². The van der Waals surface area contributed by atoms with E-state index in [9.17, 15) is 5.11 Å². The molecule has 112 valence electrons. The van der Waals surface area contributed by atoms with Gasteiger partial charge in [0.05, 0.1) is 13.2 Å². The summed E-state index contributed by atoms with van der Waals surface area (Å²) in [6, 6.07) is 4.29. The van der Waals surface area contributed by atoms with Gasteiger partial charge in [-0.3, -0.25) is 0 Å². The average Bonchev–Trinajstić information content (AvgIpc) is 2.79. The van der Waals surface area contributed by atoms with E-state index in [0.717, 1.165) is 29.9 Å². The Hall–Kier alpha value is -1.26. The van der Waals surface area contributed by atoms with Crippen molar-refractivity contribution in [1.29, 1.82) is 0 Å². The lowest BCUT2D eigenvalue weighted by Gasteiger charge is -2.17. The Kier molecular flexibility index (Phi) is 5.26. The lowest BCUT2D eigenvalue weighted by Crippen LogP contribution is -2.31. The molecule has 0 bridgehead atoms. The number of fused-ring (bicyclic) bond motifs is 1. The lowest BCUT2D eigenvalue weighted by molar-refractivity contribution is 0.237. The molecule has 0 aliphatic carbocycles. The maximum atomic E-state index is 9.25. The standard InChI is InChI=1S/C16H25NO3/c1-4-14(10-18)17-9-13-8-16-12(6-11(3)20-16)7-15(13)19-5-2/h7-8,11,14,17-18H,4-6,9-10H2,1-3H3/t11?,14-/m0/s1. The topological polar surface area (TPSA) is 50.7 Å². The predicted molar refractivity (Wildman–Crippen MR) is 79.4 cm³/mol. The van der Waals surface area contributed by atoms with Gasteiger partial charge in [0, 0.05) is 30.1 Å². The molecule has 1 aromatic carbocycles. The van der Waals surface area contributed by atoms with Crippen molar-refractivity contribution in [3.8, 4) is 11.5 Å². The van der Waals surface area contributed by atoms with Gasteiger partial charge in [-0.15, -0.1) is 0 Å². The Morgan fingerprint density at radius 3 is 2.90 bits per heavy atom. The van der Waals surface area contributed by atoms with Crippen LogP contribution >= 0.6 is 0 Å². The Labute approximate surface area is 121 Å². The summed E-state index contributed by atoms with van der Waals surface area (Å²) >= 11 is 0. The van der Waals surface area contributed by atoms with Crippen LogP contribution in [0.1, 0.15) is 38.3 Å². The fourth-order valence-electron chi connectivity index (χ4n) is 2.50. The van der Waals surface area contributed by atoms with Crippen LogP contribution in [0.3, 0.4) is 0 Å². The van der Waals surface area contributed by atoms with Crippen LogP contribution in [0.2, 0.25) is 0 Å². The van der Waals surface area contributed by atoms with Crippen LogP contribution in [-0.2, 0) is 13.0 Å². The van der Waals surface area contributed by atoms with Crippen molar-refractivity contribution in [2.24, 2.45) is 0 Å². The van der Waals surface area contributed by atoms with Crippen LogP contribution in [0.25, 0.3) is 0 Å². The molecule has 2 rings (SSSR count). The van der Waals surface area contributed by atoms with Gasteiger partial charge in [0.1, 0.15) is 17.6 Å². The summed E-state index contributed by atoms with van der Waals surface area (Å²) < 4.78 is 11.5. The van der Waals surface area contributed by atoms with E-state index in [4.69, 9.17) is 9.47 Å². The maximum absolute atomic E-state index is 9.25. The Morgan fingerprint density at radius 1 is 1.45 bits per heavy atom. The third-order valence-electron chi connectivity index (χ3n) is 3.67. The molecule has 4 nitrogen and oxygen atoms in total. The summed E-state index contributed by atoms with van der Waals surface area (Å²) in [7, 11) is 0. The van der Waals surface area contributed by atoms with E-state index in [1.54, 1.807) is 0 Å². The van der Waals surface area contributed by atoms with Crippen LogP contribution < -0.4 is 14.8 Å². The minimum atomic E-state index is 0.123. The summed E-state index contributed by atoms with van der Waals surface area (Å²) in [6.07, 6.45) is 2.08. The van der Waals surface area contributed by atoms with Gasteiger partial charge in [-0.2, -0.15) is 0 Å². The summed E-state index contributed by atoms with van der Waals surface area (Å²) in [5.41, 5.74) is 2.31. The van der Waals surface area contributed by atoms with Gasteiger partial charge in [-0.25, -0.2) is 0 Å². The number of hydrogen-bond acceptors (Lipinski definition) is 4. The highest BCUT2D eigenvalue weighted by Gasteiger charge is 2.22. The van der Waals surface area contributed by atoms with Gasteiger partial charge in [-0.1, -0.05) is 6.92 Å². The van der Waals surface area contributed by atoms with Gasteiger partial charge in [-0.05, 0) is 32.4 Å². The third kappa shape index (κ3) is 3.44. The summed E-state index contributed by atoms with van der Waals surface area (Å²) in [6.45, 7) is 7.62. The molecule has 1 aliphatic rings. The van der Waals surface area contributed by atoms with Crippen LogP contribution in [0.4, 0.5) is 0 Å². The quantitative estimate of drug-likeness (QED) is 0.804. The van der Waals surface area contributed by atoms with Gasteiger partial charge in [0.2, 0.25) is 0 Å². The Bertz CT molecular complexity index is 444. The molecule has 1 aliphatic heterocycles. The van der Waals surface area contributed by atoms with Crippen LogP contribution in [-0.4, -0.2) is 30.5 Å². The number of rotatable bonds is 7. The van der Waals surface area contributed by atoms with Crippen molar-refractivity contribution >= 4 is 0 Å². The molecule has 0 saturated heterocycles. The van der Waals surface area contributed by atoms with E-state index in [0.29, 0.717) is 13.2 Å². The molecule has 0 aromatic heterocycles. The summed E-state index contributed by atoms with van der Waals surface area (Å²) in [5.74, 6) is 1.89. The molecule has 2 N–H and O–H groups in total. The average molecular weight is 279 g/mol. The van der Waals surface area contributed by atoms with Gasteiger partial charge in [0.15, 0.2) is 0 Å². The minimum absolute atomic E-state index is 0.123. The van der Waals surface area contributed by atoms with Gasteiger partial charge < -0.3 is 19.9 Å². The Morgan fingerprint density at radius 2 is 2.25 bits per heavy atom. The minimum Gasteiger partial charge on any atom is -0.494 e. The number of ether oxygens (including phenoxy) is 2. The first-order valence-electron chi connectivity index (χ1n) is 7.47. The predicted octanol–water partition coefficient (Wildman–Crippen LogP) is 2.27. The fraction of sp³-hybridized carbons (Fsp3) is 0.625. The smallest absolute Gasteiger partial charge is 0.124 e. The molecule has 0 radical (unpaired) electrons. The molecule has 1 heterocycles. The van der Waals surface area contributed by atoms with E-state index < -0.39 is 0 Å². The first-order chi connectivity index (χ1) is 9.67. The van der Waals surface area contributed by atoms with Crippen molar-refractivity contribution in [1.82, 2.24) is 5.32 Å². The zero-order valence-electron chi connectivity index (χ0n) is 12.6. The molecule has 20 heavy (non-hydrogen) atoms. The van der Waals surface area contributed by atoms with Gasteiger partial charge >= 0.3 is 0 Å². The normalized spacial score (nSPS) is 18.5. The summed E-state index contributed by atoms with van der Waals surface area (Å²) in [4.78, 5) is 0. The number of nitrogens with one attached hydrogen (secondary N) is 1. The van der Waals surface area contributed by atoms with Crippen LogP contribution in [0, 0.1) is 0 Å². The number of hydrogen-bond donors (Lipinski definition) is 2. The number of benzene rings is 1. The fourth-order valence-corrected chi connectivity index (χ4v) is 2.50. The van der Waals surface area contributed by atoms with Crippen LogP contribution in [0.5, 0.6) is 11.5 Å². The first-order valence-corrected chi connectivity index (χ1v) is 7.47. The first kappa shape index (κ1) is 15.1. The third-order valence-corrected chi connectivity index (χ3v) is 3.67. The Balaban J connectivity index is 2.16. The van der Waals surface area contributed by atoms with Crippen LogP contribution in [0.15, 0.2) is 12.1 Å². The van der Waals surface area contributed by atoms with E-state index in [1.807, 2.05) is 6.92 Å². The number of aliphatic hydroxyl groups excluding tert-OH is 1. The van der Waals surface area contributed by atoms with E-state index in [-0.39, 0.29) is 18.8 Å². The molecule has 1 aromatic rings. The van der Waals surface area contributed by atoms with Crippen molar-refractivity contribution in [3.05, 3.63) is 23.3 Å². The SMILES string of the molecule is CCOc1cc2c(cc1CN[C@@H](CC)CO)OC(C)C2. The zero-order chi connectivity index (χ0) is 14.5. The highest BCUT2D eigenvalue weighted by Crippen LogP contribution is 2.35. The second kappa shape index (κ2) is 6.95. The molecular weight excluding hydrogens is 254 g/mol. The van der Waals surface area contributed by atoms with Crippen molar-refractivity contribution in [2.45, 2.75) is 52.3 Å². The highest BCUT2D eigenvalue weighted by molar-refractivity contribution is 5.48. The van der Waals surface area contributed by atoms with Crippen molar-refractivity contribution in [2.75, 3.05) is 13.2 Å². The van der Waals surface area contributed by atoms with Gasteiger partial charge in [0.25, 0.3) is 0 Å².